The van der Waals surface area contributed by atoms with Gasteiger partial charge in [0.1, 0.15) is 12.4 Å². The molecule has 0 saturated carbocycles. The summed E-state index contributed by atoms with van der Waals surface area (Å²) in [5.74, 6) is 0.759. The molecular weight excluding hydrogens is 323 g/mol. The number of alkyl halides is 3. The first kappa shape index (κ1) is 16.3. The number of benzene rings is 1. The topological polar surface area (TPSA) is 67.9 Å². The largest absolute Gasteiger partial charge is 0.406 e. The molecule has 3 aromatic rings. The Bertz CT molecular complexity index is 824. The highest BCUT2D eigenvalue weighted by Crippen LogP contribution is 2.22. The highest BCUT2D eigenvalue weighted by Gasteiger charge is 2.29. The molecule has 0 saturated heterocycles. The number of aromatic nitrogens is 4. The molecule has 0 radical (unpaired) electrons. The zero-order valence-corrected chi connectivity index (χ0v) is 12.7. The summed E-state index contributed by atoms with van der Waals surface area (Å²) in [5.41, 5.74) is 1.49. The van der Waals surface area contributed by atoms with E-state index in [0.29, 0.717) is 18.0 Å². The summed E-state index contributed by atoms with van der Waals surface area (Å²) in [6.45, 7) is -0.738. The molecule has 0 fully saturated rings. The van der Waals surface area contributed by atoms with Gasteiger partial charge >= 0.3 is 6.18 Å². The number of rotatable bonds is 6. The first-order valence-corrected chi connectivity index (χ1v) is 7.35. The Morgan fingerprint density at radius 2 is 2.00 bits per heavy atom. The number of aliphatic hydroxyl groups excluding tert-OH is 1. The number of imidazole rings is 2. The molecule has 0 aliphatic rings. The van der Waals surface area contributed by atoms with Crippen LogP contribution in [0.1, 0.15) is 5.82 Å². The lowest BCUT2D eigenvalue weighted by Gasteiger charge is -2.13. The normalized spacial score (nSPS) is 12.0. The molecule has 2 heterocycles. The van der Waals surface area contributed by atoms with Crippen molar-refractivity contribution in [3.05, 3.63) is 42.5 Å². The number of nitrogens with zero attached hydrogens (tertiary/aromatic N) is 4. The molecule has 0 spiro atoms. The van der Waals surface area contributed by atoms with Gasteiger partial charge in [-0.3, -0.25) is 0 Å². The van der Waals surface area contributed by atoms with Crippen molar-refractivity contribution in [1.82, 2.24) is 19.1 Å². The van der Waals surface area contributed by atoms with Crippen molar-refractivity contribution >= 4 is 17.0 Å². The number of hydrogen-bond acceptors (Lipinski definition) is 4. The van der Waals surface area contributed by atoms with Gasteiger partial charge in [0.05, 0.1) is 24.2 Å². The van der Waals surface area contributed by atoms with Gasteiger partial charge in [0.2, 0.25) is 5.95 Å². The number of aliphatic hydroxyl groups is 1. The van der Waals surface area contributed by atoms with Crippen LogP contribution in [0.2, 0.25) is 0 Å². The third-order valence-electron chi connectivity index (χ3n) is 3.50. The van der Waals surface area contributed by atoms with Gasteiger partial charge < -0.3 is 19.6 Å². The number of hydrogen-bond donors (Lipinski definition) is 2. The van der Waals surface area contributed by atoms with Gasteiger partial charge in [0.15, 0.2) is 0 Å². The minimum absolute atomic E-state index is 0.0775. The third-order valence-corrected chi connectivity index (χ3v) is 3.50. The number of para-hydroxylation sites is 2. The van der Waals surface area contributed by atoms with Crippen molar-refractivity contribution in [2.24, 2.45) is 0 Å². The van der Waals surface area contributed by atoms with Crippen molar-refractivity contribution in [3.63, 3.8) is 0 Å². The van der Waals surface area contributed by atoms with Gasteiger partial charge in [0.25, 0.3) is 0 Å². The Morgan fingerprint density at radius 1 is 1.21 bits per heavy atom. The van der Waals surface area contributed by atoms with Crippen LogP contribution in [0, 0.1) is 0 Å². The molecule has 0 unspecified atom stereocenters. The van der Waals surface area contributed by atoms with Gasteiger partial charge in [-0.05, 0) is 12.1 Å². The monoisotopic (exact) mass is 339 g/mol. The molecule has 128 valence electrons. The molecule has 9 heteroatoms. The second-order valence-corrected chi connectivity index (χ2v) is 5.25. The number of nitrogens with one attached hydrogen (secondary N) is 1. The molecule has 2 aromatic heterocycles. The maximum absolute atomic E-state index is 12.7. The lowest BCUT2D eigenvalue weighted by atomic mass is 10.3. The molecule has 1 aromatic carbocycles. The van der Waals surface area contributed by atoms with E-state index in [1.54, 1.807) is 4.57 Å². The average Bonchev–Trinajstić information content (AvgIpc) is 3.09. The van der Waals surface area contributed by atoms with Crippen LogP contribution in [-0.4, -0.2) is 43.5 Å². The van der Waals surface area contributed by atoms with Crippen LogP contribution in [-0.2, 0) is 13.1 Å². The lowest BCUT2D eigenvalue weighted by molar-refractivity contribution is -0.141. The number of anilines is 1. The predicted molar refractivity (Wildman–Crippen MR) is 82.7 cm³/mol. The zero-order valence-electron chi connectivity index (χ0n) is 12.7. The predicted octanol–water partition coefficient (Wildman–Crippen LogP) is 2.25. The Hall–Kier alpha value is -2.55. The molecular formula is C15H16F3N5O. The highest BCUT2D eigenvalue weighted by atomic mass is 19.4. The molecule has 0 bridgehead atoms. The van der Waals surface area contributed by atoms with Gasteiger partial charge in [-0.15, -0.1) is 0 Å². The van der Waals surface area contributed by atoms with E-state index in [-0.39, 0.29) is 19.0 Å². The van der Waals surface area contributed by atoms with Crippen molar-refractivity contribution in [2.45, 2.75) is 19.3 Å². The van der Waals surface area contributed by atoms with Crippen molar-refractivity contribution in [1.29, 1.82) is 0 Å². The maximum Gasteiger partial charge on any atom is 0.406 e. The van der Waals surface area contributed by atoms with Crippen LogP contribution in [0.4, 0.5) is 19.1 Å². The van der Waals surface area contributed by atoms with Crippen molar-refractivity contribution in [3.8, 4) is 0 Å². The van der Waals surface area contributed by atoms with E-state index in [9.17, 15) is 13.2 Å². The Balaban J connectivity index is 1.96. The Labute approximate surface area is 135 Å². The first-order chi connectivity index (χ1) is 11.5. The standard InChI is InChI=1S/C15H16F3N5O/c16-15(17,18)10-22-7-5-19-13(22)9-23-12-4-2-1-3-11(12)21-14(23)20-6-8-24/h1-5,7,24H,6,8-10H2,(H,20,21). The molecule has 0 aliphatic carbocycles. The van der Waals surface area contributed by atoms with E-state index in [0.717, 1.165) is 10.1 Å². The van der Waals surface area contributed by atoms with Crippen molar-refractivity contribution in [2.75, 3.05) is 18.5 Å². The fourth-order valence-corrected chi connectivity index (χ4v) is 2.51. The summed E-state index contributed by atoms with van der Waals surface area (Å²) in [5, 5.41) is 12.0. The van der Waals surface area contributed by atoms with Gasteiger partial charge in [-0.2, -0.15) is 13.2 Å². The van der Waals surface area contributed by atoms with Crippen LogP contribution >= 0.6 is 0 Å². The summed E-state index contributed by atoms with van der Waals surface area (Å²) in [4.78, 5) is 8.46. The molecule has 0 atom stereocenters. The second-order valence-electron chi connectivity index (χ2n) is 5.25. The summed E-state index contributed by atoms with van der Waals surface area (Å²) in [7, 11) is 0. The minimum atomic E-state index is -4.32. The maximum atomic E-state index is 12.7. The second kappa shape index (κ2) is 6.52. The molecule has 24 heavy (non-hydrogen) atoms. The van der Waals surface area contributed by atoms with E-state index in [4.69, 9.17) is 5.11 Å². The SMILES string of the molecule is OCCNc1nc2ccccc2n1Cc1nccn1CC(F)(F)F. The number of halogens is 3. The molecule has 6 nitrogen and oxygen atoms in total. The average molecular weight is 339 g/mol. The van der Waals surface area contributed by atoms with Crippen molar-refractivity contribution < 1.29 is 18.3 Å². The van der Waals surface area contributed by atoms with Crippen LogP contribution in [0.3, 0.4) is 0 Å². The van der Waals surface area contributed by atoms with Gasteiger partial charge in [-0.25, -0.2) is 9.97 Å². The minimum Gasteiger partial charge on any atom is -0.395 e. The summed E-state index contributed by atoms with van der Waals surface area (Å²) in [6.07, 6.45) is -1.66. The van der Waals surface area contributed by atoms with Crippen LogP contribution < -0.4 is 5.32 Å². The molecule has 0 aliphatic heterocycles. The van der Waals surface area contributed by atoms with Crippen LogP contribution in [0.15, 0.2) is 36.7 Å². The highest BCUT2D eigenvalue weighted by molar-refractivity contribution is 5.78. The Morgan fingerprint density at radius 3 is 2.75 bits per heavy atom. The van der Waals surface area contributed by atoms with Crippen LogP contribution in [0.25, 0.3) is 11.0 Å². The quantitative estimate of drug-likeness (QED) is 0.723. The van der Waals surface area contributed by atoms with Gasteiger partial charge in [-0.1, -0.05) is 12.1 Å². The fourth-order valence-electron chi connectivity index (χ4n) is 2.51. The molecule has 0 amide bonds. The van der Waals surface area contributed by atoms with E-state index >= 15 is 0 Å². The van der Waals surface area contributed by atoms with E-state index in [1.807, 2.05) is 24.3 Å². The smallest absolute Gasteiger partial charge is 0.395 e. The third kappa shape index (κ3) is 3.51. The number of fused-ring (bicyclic) bond motifs is 1. The molecule has 3 rings (SSSR count). The van der Waals surface area contributed by atoms with E-state index in [2.05, 4.69) is 15.3 Å². The Kier molecular flexibility index (Phi) is 4.43. The molecule has 2 N–H and O–H groups in total. The summed E-state index contributed by atoms with van der Waals surface area (Å²) >= 11 is 0. The zero-order chi connectivity index (χ0) is 17.2. The summed E-state index contributed by atoms with van der Waals surface area (Å²) < 4.78 is 40.8. The van der Waals surface area contributed by atoms with Gasteiger partial charge in [0, 0.05) is 18.9 Å². The fraction of sp³-hybridized carbons (Fsp3) is 0.333. The summed E-state index contributed by atoms with van der Waals surface area (Å²) in [6, 6.07) is 7.32. The van der Waals surface area contributed by atoms with E-state index in [1.165, 1.54) is 12.4 Å². The lowest BCUT2D eigenvalue weighted by Crippen LogP contribution is -2.20. The van der Waals surface area contributed by atoms with Crippen LogP contribution in [0.5, 0.6) is 0 Å². The van der Waals surface area contributed by atoms with E-state index < -0.39 is 12.7 Å². The first-order valence-electron chi connectivity index (χ1n) is 7.35.